The lowest BCUT2D eigenvalue weighted by molar-refractivity contribution is -0.956. The fourth-order valence-corrected chi connectivity index (χ4v) is 7.30. The van der Waals surface area contributed by atoms with Crippen LogP contribution in [0.3, 0.4) is 0 Å². The van der Waals surface area contributed by atoms with Gasteiger partial charge < -0.3 is 30.2 Å². The molecule has 0 aliphatic carbocycles. The second-order valence-corrected chi connectivity index (χ2v) is 11.5. The quantitative estimate of drug-likeness (QED) is 0.264. The minimum Gasteiger partial charge on any atom is -0.459 e. The molecule has 9 heteroatoms. The zero-order valence-corrected chi connectivity index (χ0v) is 23.1. The number of hydrogen-bond acceptors (Lipinski definition) is 7. The molecule has 2 aromatic rings. The van der Waals surface area contributed by atoms with Crippen LogP contribution in [0.2, 0.25) is 0 Å². The summed E-state index contributed by atoms with van der Waals surface area (Å²) >= 11 is 0. The summed E-state index contributed by atoms with van der Waals surface area (Å²) in [7, 11) is 0. The molecule has 0 saturated carbocycles. The van der Waals surface area contributed by atoms with Gasteiger partial charge in [0.1, 0.15) is 12.1 Å². The van der Waals surface area contributed by atoms with Crippen LogP contribution in [-0.4, -0.2) is 65.9 Å². The molecule has 3 aliphatic heterocycles. The molecular formula is C31H40N3O6+. The molecule has 9 nitrogen and oxygen atoms in total. The summed E-state index contributed by atoms with van der Waals surface area (Å²) in [6.07, 6.45) is 4.81. The molecule has 2 unspecified atom stereocenters. The number of nitrogens with zero attached hydrogens (tertiary/aromatic N) is 1. The number of benzene rings is 2. The molecule has 4 atom stereocenters. The van der Waals surface area contributed by atoms with Crippen LogP contribution in [0.5, 0.6) is 0 Å². The molecule has 3 heterocycles. The number of ether oxygens (including phenoxy) is 3. The molecule has 5 rings (SSSR count). The van der Waals surface area contributed by atoms with Crippen molar-refractivity contribution in [1.82, 2.24) is 0 Å². The number of amides is 1. The molecule has 1 amide bonds. The van der Waals surface area contributed by atoms with E-state index in [-0.39, 0.29) is 12.5 Å². The fourth-order valence-electron chi connectivity index (χ4n) is 7.30. The van der Waals surface area contributed by atoms with Crippen molar-refractivity contribution in [2.75, 3.05) is 13.1 Å². The Morgan fingerprint density at radius 2 is 1.45 bits per heavy atom. The molecule has 3 aliphatic rings. The Labute approximate surface area is 235 Å². The Balaban J connectivity index is 1.44. The highest BCUT2D eigenvalue weighted by atomic mass is 16.7. The Morgan fingerprint density at radius 3 is 1.95 bits per heavy atom. The van der Waals surface area contributed by atoms with Crippen LogP contribution in [0.25, 0.3) is 0 Å². The molecule has 0 aromatic heterocycles. The van der Waals surface area contributed by atoms with Crippen LogP contribution in [0, 0.1) is 0 Å². The van der Waals surface area contributed by atoms with Gasteiger partial charge in [-0.2, -0.15) is 0 Å². The van der Waals surface area contributed by atoms with E-state index < -0.39 is 35.8 Å². The van der Waals surface area contributed by atoms with Gasteiger partial charge in [-0.05, 0) is 18.1 Å². The number of esters is 2. The predicted molar refractivity (Wildman–Crippen MR) is 147 cm³/mol. The Hall–Kier alpha value is -3.27. The van der Waals surface area contributed by atoms with Gasteiger partial charge in [0.25, 0.3) is 0 Å². The van der Waals surface area contributed by atoms with Crippen molar-refractivity contribution < 1.29 is 33.1 Å². The van der Waals surface area contributed by atoms with E-state index in [1.165, 1.54) is 50.2 Å². The number of rotatable bonds is 10. The lowest BCUT2D eigenvalue weighted by Gasteiger charge is -2.47. The third-order valence-electron chi connectivity index (χ3n) is 9.03. The van der Waals surface area contributed by atoms with Gasteiger partial charge in [-0.3, -0.25) is 9.59 Å². The largest absolute Gasteiger partial charge is 0.459 e. The van der Waals surface area contributed by atoms with E-state index in [2.05, 4.69) is 0 Å². The Kier molecular flexibility index (Phi) is 8.26. The van der Waals surface area contributed by atoms with Crippen molar-refractivity contribution in [3.05, 3.63) is 71.8 Å². The second-order valence-electron chi connectivity index (χ2n) is 11.5. The van der Waals surface area contributed by atoms with E-state index in [0.29, 0.717) is 23.2 Å². The predicted octanol–water partition coefficient (Wildman–Crippen LogP) is 2.89. The average Bonchev–Trinajstić information content (AvgIpc) is 3.48. The molecule has 3 saturated heterocycles. The fraction of sp³-hybridized carbons (Fsp3) is 0.516. The first-order valence-corrected chi connectivity index (χ1v) is 14.4. The molecule has 2 aromatic carbocycles. The lowest BCUT2D eigenvalue weighted by atomic mass is 9.85. The van der Waals surface area contributed by atoms with Crippen LogP contribution in [0.1, 0.15) is 63.0 Å². The maximum Gasteiger partial charge on any atom is 0.348 e. The highest BCUT2D eigenvalue weighted by Crippen LogP contribution is 2.47. The van der Waals surface area contributed by atoms with E-state index in [0.717, 1.165) is 12.8 Å². The number of carbonyl (C=O) groups is 3. The van der Waals surface area contributed by atoms with Gasteiger partial charge in [-0.25, -0.2) is 4.79 Å². The second kappa shape index (κ2) is 11.7. The van der Waals surface area contributed by atoms with Crippen molar-refractivity contribution >= 4 is 17.8 Å². The number of nitrogens with two attached hydrogens (primary N) is 2. The minimum absolute atomic E-state index is 0.216. The van der Waals surface area contributed by atoms with E-state index in [4.69, 9.17) is 25.7 Å². The van der Waals surface area contributed by atoms with Crippen LogP contribution in [-0.2, 0) is 34.2 Å². The van der Waals surface area contributed by atoms with Crippen LogP contribution < -0.4 is 11.5 Å². The van der Waals surface area contributed by atoms with Crippen molar-refractivity contribution in [3.63, 3.8) is 0 Å². The summed E-state index contributed by atoms with van der Waals surface area (Å²) in [5.74, 6) is -2.12. The Bertz CT molecular complexity index is 1140. The zero-order valence-electron chi connectivity index (χ0n) is 23.1. The van der Waals surface area contributed by atoms with Gasteiger partial charge in [0.05, 0.1) is 31.6 Å². The molecular weight excluding hydrogens is 510 g/mol. The summed E-state index contributed by atoms with van der Waals surface area (Å²) in [4.78, 5) is 38.2. The number of primary amides is 1. The first kappa shape index (κ1) is 28.3. The number of carbonyl (C=O) groups excluding carboxylic acids is 3. The molecule has 1 spiro atoms. The first-order chi connectivity index (χ1) is 19.2. The van der Waals surface area contributed by atoms with Crippen LogP contribution in [0.15, 0.2) is 60.7 Å². The first-order valence-electron chi connectivity index (χ1n) is 14.4. The van der Waals surface area contributed by atoms with Crippen LogP contribution >= 0.6 is 0 Å². The van der Waals surface area contributed by atoms with Gasteiger partial charge in [0, 0.05) is 38.5 Å². The van der Waals surface area contributed by atoms with Crippen molar-refractivity contribution in [1.29, 1.82) is 0 Å². The highest BCUT2D eigenvalue weighted by Gasteiger charge is 2.57. The van der Waals surface area contributed by atoms with Gasteiger partial charge >= 0.3 is 11.9 Å². The topological polar surface area (TPSA) is 131 Å². The van der Waals surface area contributed by atoms with Gasteiger partial charge in [0.2, 0.25) is 17.8 Å². The van der Waals surface area contributed by atoms with Crippen molar-refractivity contribution in [3.8, 4) is 0 Å². The minimum atomic E-state index is -1.70. The van der Waals surface area contributed by atoms with Gasteiger partial charge in [-0.1, -0.05) is 60.7 Å². The maximum atomic E-state index is 14.4. The Morgan fingerprint density at radius 1 is 0.925 bits per heavy atom. The van der Waals surface area contributed by atoms with E-state index in [1.54, 1.807) is 24.3 Å². The monoisotopic (exact) mass is 550 g/mol. The molecule has 3 fully saturated rings. The number of quaternary nitrogens is 1. The third kappa shape index (κ3) is 5.38. The highest BCUT2D eigenvalue weighted by molar-refractivity contribution is 5.86. The van der Waals surface area contributed by atoms with E-state index >= 15 is 0 Å². The normalized spacial score (nSPS) is 24.8. The third-order valence-corrected chi connectivity index (χ3v) is 9.03. The van der Waals surface area contributed by atoms with E-state index in [9.17, 15) is 14.4 Å². The van der Waals surface area contributed by atoms with Gasteiger partial charge in [0.15, 0.2) is 0 Å². The van der Waals surface area contributed by atoms with Crippen LogP contribution in [0.4, 0.5) is 0 Å². The standard InChI is InChI=1S/C31H39N3O6/c1-21(38-29(36)27(32)20-28(33)35)40-31(22-10-4-2-5-11-22,23-12-6-3-7-13-23)30(37)39-26-18-24-14-15-25(19-26)34(24)16-8-9-17-34/h2-7,10-13,21,24-27H,8-9,14-20,32H2,1H3,(H-,33,35)/p+1/t21-,24?,25?,26?,27-/m0/s1. The molecule has 4 N–H and O–H groups in total. The summed E-state index contributed by atoms with van der Waals surface area (Å²) in [6, 6.07) is 18.0. The van der Waals surface area contributed by atoms with Crippen molar-refractivity contribution in [2.45, 2.75) is 88.0 Å². The van der Waals surface area contributed by atoms with Crippen molar-refractivity contribution in [2.24, 2.45) is 11.5 Å². The lowest BCUT2D eigenvalue weighted by Crippen LogP contribution is -2.60. The summed E-state index contributed by atoms with van der Waals surface area (Å²) in [6.45, 7) is 3.99. The molecule has 40 heavy (non-hydrogen) atoms. The number of hydrogen-bond donors (Lipinski definition) is 2. The van der Waals surface area contributed by atoms with E-state index in [1.807, 2.05) is 36.4 Å². The van der Waals surface area contributed by atoms with Gasteiger partial charge in [-0.15, -0.1) is 0 Å². The molecule has 2 bridgehead atoms. The average molecular weight is 551 g/mol. The number of piperidine rings is 1. The summed E-state index contributed by atoms with van der Waals surface area (Å²) in [5.41, 5.74) is 10.4. The smallest absolute Gasteiger partial charge is 0.348 e. The zero-order chi connectivity index (χ0) is 28.3. The summed E-state index contributed by atoms with van der Waals surface area (Å²) in [5, 5.41) is 0. The molecule has 214 valence electrons. The molecule has 0 radical (unpaired) electrons. The summed E-state index contributed by atoms with van der Waals surface area (Å²) < 4.78 is 19.4. The SMILES string of the molecule is C[C@@H](OC(=O)[C@@H](N)CC(N)=O)OC(C(=O)OC1CC2CCC(C1)[N+]21CCCC1)(c1ccccc1)c1ccccc1. The maximum absolute atomic E-state index is 14.4.